The standard InChI is InChI=1S/C8H6NO3/c10-5-9-7-1-3-8(4-2-7)12-6-11/h1-5H,(H,9,10). The van der Waals surface area contributed by atoms with Crippen molar-refractivity contribution in [2.75, 3.05) is 5.32 Å². The second-order valence-electron chi connectivity index (χ2n) is 1.97. The predicted octanol–water partition coefficient (Wildman–Crippen LogP) is 0.701. The van der Waals surface area contributed by atoms with Gasteiger partial charge >= 0.3 is 6.47 Å². The number of amides is 1. The van der Waals surface area contributed by atoms with E-state index in [4.69, 9.17) is 0 Å². The molecule has 0 aliphatic carbocycles. The highest BCUT2D eigenvalue weighted by Gasteiger charge is 1.92. The minimum atomic E-state index is 0.390. The third-order valence-corrected chi connectivity index (χ3v) is 1.24. The second-order valence-corrected chi connectivity index (χ2v) is 1.97. The van der Waals surface area contributed by atoms with Gasteiger partial charge in [0.2, 0.25) is 6.41 Å². The maximum atomic E-state index is 9.98. The number of ether oxygens (including phenoxy) is 1. The van der Waals surface area contributed by atoms with Gasteiger partial charge in [0.1, 0.15) is 5.75 Å². The van der Waals surface area contributed by atoms with Gasteiger partial charge < -0.3 is 10.1 Å². The van der Waals surface area contributed by atoms with Crippen LogP contribution in [0.1, 0.15) is 0 Å². The predicted molar refractivity (Wildman–Crippen MR) is 42.5 cm³/mol. The van der Waals surface area contributed by atoms with Crippen molar-refractivity contribution in [3.05, 3.63) is 24.3 Å². The van der Waals surface area contributed by atoms with Crippen LogP contribution in [0.3, 0.4) is 0 Å². The van der Waals surface area contributed by atoms with Crippen molar-refractivity contribution in [2.24, 2.45) is 0 Å². The molecule has 0 saturated heterocycles. The van der Waals surface area contributed by atoms with Gasteiger partial charge in [0, 0.05) is 5.69 Å². The van der Waals surface area contributed by atoms with Gasteiger partial charge in [-0.2, -0.15) is 0 Å². The average molecular weight is 164 g/mol. The number of hydrogen-bond donors (Lipinski definition) is 1. The number of hydrogen-bond acceptors (Lipinski definition) is 3. The lowest BCUT2D eigenvalue weighted by Gasteiger charge is -1.98. The number of carbonyl (C=O) groups is 1. The number of nitrogens with one attached hydrogen (secondary N) is 1. The van der Waals surface area contributed by atoms with Gasteiger partial charge in [0.05, 0.1) is 0 Å². The van der Waals surface area contributed by atoms with E-state index in [2.05, 4.69) is 10.1 Å². The molecule has 4 heteroatoms. The van der Waals surface area contributed by atoms with E-state index in [1.807, 2.05) is 0 Å². The Morgan fingerprint density at radius 2 is 2.00 bits per heavy atom. The summed E-state index contributed by atoms with van der Waals surface area (Å²) in [5, 5.41) is 2.44. The number of benzene rings is 1. The zero-order valence-electron chi connectivity index (χ0n) is 6.11. The summed E-state index contributed by atoms with van der Waals surface area (Å²) in [6.07, 6.45) is 0.571. The Labute approximate surface area is 69.1 Å². The summed E-state index contributed by atoms with van der Waals surface area (Å²) in [7, 11) is 0. The van der Waals surface area contributed by atoms with E-state index >= 15 is 0 Å². The Kier molecular flexibility index (Phi) is 2.84. The van der Waals surface area contributed by atoms with Crippen LogP contribution in [0.25, 0.3) is 0 Å². The first kappa shape index (κ1) is 8.26. The summed E-state index contributed by atoms with van der Waals surface area (Å²) in [6.45, 7) is 1.30. The number of carbonyl (C=O) groups excluding carboxylic acids is 2. The third-order valence-electron chi connectivity index (χ3n) is 1.24. The summed E-state index contributed by atoms with van der Waals surface area (Å²) < 4.78 is 4.42. The molecule has 1 aromatic carbocycles. The second kappa shape index (κ2) is 4.12. The molecule has 0 bridgehead atoms. The molecule has 61 valence electrons. The zero-order valence-corrected chi connectivity index (χ0v) is 6.11. The molecular formula is C8H6NO3. The van der Waals surface area contributed by atoms with Gasteiger partial charge in [0.25, 0.3) is 0 Å². The van der Waals surface area contributed by atoms with E-state index in [9.17, 15) is 9.59 Å². The van der Waals surface area contributed by atoms with Crippen molar-refractivity contribution in [1.82, 2.24) is 0 Å². The molecule has 0 heterocycles. The van der Waals surface area contributed by atoms with Crippen LogP contribution in [0, 0.1) is 0 Å². The van der Waals surface area contributed by atoms with Gasteiger partial charge in [-0.15, -0.1) is 0 Å². The summed E-state index contributed by atoms with van der Waals surface area (Å²) in [5.74, 6) is 0.390. The van der Waals surface area contributed by atoms with Crippen molar-refractivity contribution >= 4 is 18.6 Å². The van der Waals surface area contributed by atoms with Crippen molar-refractivity contribution in [1.29, 1.82) is 0 Å². The molecule has 1 aromatic rings. The molecule has 1 radical (unpaired) electrons. The van der Waals surface area contributed by atoms with E-state index in [0.717, 1.165) is 0 Å². The molecule has 0 fully saturated rings. The fourth-order valence-electron chi connectivity index (χ4n) is 0.735. The highest BCUT2D eigenvalue weighted by Crippen LogP contribution is 2.13. The van der Waals surface area contributed by atoms with E-state index in [1.54, 1.807) is 24.3 Å². The fraction of sp³-hybridized carbons (Fsp3) is 0. The van der Waals surface area contributed by atoms with Gasteiger partial charge in [-0.25, -0.2) is 4.79 Å². The summed E-state index contributed by atoms with van der Waals surface area (Å²) in [4.78, 5) is 19.7. The molecule has 0 unspecified atom stereocenters. The van der Waals surface area contributed by atoms with Gasteiger partial charge in [-0.05, 0) is 24.3 Å². The Morgan fingerprint density at radius 3 is 2.50 bits per heavy atom. The van der Waals surface area contributed by atoms with Crippen molar-refractivity contribution in [3.8, 4) is 5.75 Å². The topological polar surface area (TPSA) is 55.4 Å². The fourth-order valence-corrected chi connectivity index (χ4v) is 0.735. The molecule has 1 rings (SSSR count). The van der Waals surface area contributed by atoms with Crippen LogP contribution >= 0.6 is 0 Å². The quantitative estimate of drug-likeness (QED) is 0.666. The molecule has 0 saturated carbocycles. The lowest BCUT2D eigenvalue weighted by atomic mass is 10.3. The van der Waals surface area contributed by atoms with Crippen molar-refractivity contribution in [3.63, 3.8) is 0 Å². The summed E-state index contributed by atoms with van der Waals surface area (Å²) >= 11 is 0. The molecule has 12 heavy (non-hydrogen) atoms. The van der Waals surface area contributed by atoms with Crippen LogP contribution in [0.15, 0.2) is 24.3 Å². The Balaban J connectivity index is 2.70. The summed E-state index contributed by atoms with van der Waals surface area (Å²) in [5.41, 5.74) is 0.642. The molecule has 0 aliphatic rings. The number of rotatable bonds is 4. The van der Waals surface area contributed by atoms with Gasteiger partial charge in [0.15, 0.2) is 0 Å². The Morgan fingerprint density at radius 1 is 1.33 bits per heavy atom. The smallest absolute Gasteiger partial charge is 0.418 e. The van der Waals surface area contributed by atoms with Crippen LogP contribution in [-0.2, 0) is 9.59 Å². The molecule has 1 N–H and O–H groups in total. The third kappa shape index (κ3) is 2.09. The molecule has 0 atom stereocenters. The normalized spacial score (nSPS) is 8.67. The number of anilines is 1. The van der Waals surface area contributed by atoms with Crippen molar-refractivity contribution < 1.29 is 14.3 Å². The minimum Gasteiger partial charge on any atom is -0.418 e. The zero-order chi connectivity index (χ0) is 8.81. The summed E-state index contributed by atoms with van der Waals surface area (Å²) in [6, 6.07) is 6.33. The van der Waals surface area contributed by atoms with Crippen LogP contribution in [0.2, 0.25) is 0 Å². The SMILES string of the molecule is O=[C]Oc1ccc(NC=O)cc1. The lowest BCUT2D eigenvalue weighted by Crippen LogP contribution is -1.93. The van der Waals surface area contributed by atoms with E-state index in [1.165, 1.54) is 6.47 Å². The molecule has 0 spiro atoms. The largest absolute Gasteiger partial charge is 0.423 e. The van der Waals surface area contributed by atoms with E-state index in [-0.39, 0.29) is 0 Å². The first-order valence-electron chi connectivity index (χ1n) is 3.21. The molecule has 0 aromatic heterocycles. The van der Waals surface area contributed by atoms with Crippen molar-refractivity contribution in [2.45, 2.75) is 0 Å². The van der Waals surface area contributed by atoms with E-state index < -0.39 is 0 Å². The highest BCUT2D eigenvalue weighted by molar-refractivity contribution is 5.71. The van der Waals surface area contributed by atoms with Crippen LogP contribution in [-0.4, -0.2) is 12.9 Å². The van der Waals surface area contributed by atoms with Crippen LogP contribution in [0.5, 0.6) is 5.75 Å². The van der Waals surface area contributed by atoms with Crippen LogP contribution in [0.4, 0.5) is 5.69 Å². The Bertz CT molecular complexity index is 239. The maximum absolute atomic E-state index is 9.98. The first-order valence-corrected chi connectivity index (χ1v) is 3.21. The highest BCUT2D eigenvalue weighted by atomic mass is 16.5. The van der Waals surface area contributed by atoms with E-state index in [0.29, 0.717) is 17.8 Å². The minimum absolute atomic E-state index is 0.390. The molecule has 4 nitrogen and oxygen atoms in total. The first-order chi connectivity index (χ1) is 5.86. The lowest BCUT2D eigenvalue weighted by molar-refractivity contribution is -0.105. The monoisotopic (exact) mass is 164 g/mol. The average Bonchev–Trinajstić information content (AvgIpc) is 2.09. The van der Waals surface area contributed by atoms with Crippen LogP contribution < -0.4 is 10.1 Å². The molecular weight excluding hydrogens is 158 g/mol. The molecule has 1 amide bonds. The van der Waals surface area contributed by atoms with Gasteiger partial charge in [-0.1, -0.05) is 0 Å². The maximum Gasteiger partial charge on any atom is 0.423 e. The molecule has 0 aliphatic heterocycles. The Hall–Kier alpha value is -1.84. The van der Waals surface area contributed by atoms with Gasteiger partial charge in [-0.3, -0.25) is 4.79 Å².